The minimum absolute atomic E-state index is 0.354. The van der Waals surface area contributed by atoms with Gasteiger partial charge in [-0.3, -0.25) is 10.1 Å². The van der Waals surface area contributed by atoms with Gasteiger partial charge in [0.25, 0.3) is 0 Å². The standard InChI is InChI=1S/C10H19N3O2/c1-7(9(14)13-10(11)15)12-8-5-3-2-4-6-8/h7-8,12H,2-6H2,1H3,(H3,11,13,14,15). The van der Waals surface area contributed by atoms with Crippen LogP contribution < -0.4 is 16.4 Å². The van der Waals surface area contributed by atoms with Gasteiger partial charge in [-0.05, 0) is 19.8 Å². The summed E-state index contributed by atoms with van der Waals surface area (Å²) in [5.41, 5.74) is 4.87. The molecule has 1 unspecified atom stereocenters. The number of imide groups is 1. The van der Waals surface area contributed by atoms with Crippen molar-refractivity contribution in [1.82, 2.24) is 10.6 Å². The van der Waals surface area contributed by atoms with Crippen molar-refractivity contribution in [3.05, 3.63) is 0 Å². The molecule has 0 aromatic carbocycles. The Balaban J connectivity index is 2.29. The molecule has 3 amide bonds. The molecule has 0 aromatic heterocycles. The predicted molar refractivity (Wildman–Crippen MR) is 57.2 cm³/mol. The van der Waals surface area contributed by atoms with Crippen LogP contribution in [0.3, 0.4) is 0 Å². The molecule has 86 valence electrons. The summed E-state index contributed by atoms with van der Waals surface area (Å²) in [6.07, 6.45) is 5.91. The number of nitrogens with one attached hydrogen (secondary N) is 2. The van der Waals surface area contributed by atoms with E-state index in [-0.39, 0.29) is 11.9 Å². The second-order valence-corrected chi connectivity index (χ2v) is 4.08. The van der Waals surface area contributed by atoms with Crippen molar-refractivity contribution in [3.8, 4) is 0 Å². The number of urea groups is 1. The summed E-state index contributed by atoms with van der Waals surface area (Å²) in [5, 5.41) is 5.27. The molecule has 5 nitrogen and oxygen atoms in total. The topological polar surface area (TPSA) is 84.2 Å². The van der Waals surface area contributed by atoms with Crippen molar-refractivity contribution in [3.63, 3.8) is 0 Å². The van der Waals surface area contributed by atoms with E-state index < -0.39 is 6.03 Å². The molecule has 1 aliphatic rings. The van der Waals surface area contributed by atoms with E-state index in [0.717, 1.165) is 12.8 Å². The number of carbonyl (C=O) groups is 2. The van der Waals surface area contributed by atoms with Crippen molar-refractivity contribution in [2.24, 2.45) is 5.73 Å². The predicted octanol–water partition coefficient (Wildman–Crippen LogP) is 0.492. The Kier molecular flexibility index (Phi) is 4.55. The zero-order valence-electron chi connectivity index (χ0n) is 9.08. The first-order chi connectivity index (χ1) is 7.09. The molecule has 0 bridgehead atoms. The summed E-state index contributed by atoms with van der Waals surface area (Å²) < 4.78 is 0. The average molecular weight is 213 g/mol. The Hall–Kier alpha value is -1.10. The van der Waals surface area contributed by atoms with Gasteiger partial charge in [0, 0.05) is 6.04 Å². The Labute approximate surface area is 89.8 Å². The third-order valence-corrected chi connectivity index (χ3v) is 2.73. The van der Waals surface area contributed by atoms with Gasteiger partial charge < -0.3 is 11.1 Å². The molecular weight excluding hydrogens is 194 g/mol. The molecule has 1 fully saturated rings. The summed E-state index contributed by atoms with van der Waals surface area (Å²) >= 11 is 0. The zero-order chi connectivity index (χ0) is 11.3. The fourth-order valence-electron chi connectivity index (χ4n) is 1.93. The van der Waals surface area contributed by atoms with Gasteiger partial charge in [0.2, 0.25) is 5.91 Å². The van der Waals surface area contributed by atoms with Crippen molar-refractivity contribution in [2.75, 3.05) is 0 Å². The molecule has 15 heavy (non-hydrogen) atoms. The van der Waals surface area contributed by atoms with E-state index in [1.165, 1.54) is 19.3 Å². The Morgan fingerprint density at radius 3 is 2.40 bits per heavy atom. The summed E-state index contributed by atoms with van der Waals surface area (Å²) in [4.78, 5) is 21.8. The van der Waals surface area contributed by atoms with Gasteiger partial charge in [0.15, 0.2) is 0 Å². The van der Waals surface area contributed by atoms with Crippen LogP contribution in [0, 0.1) is 0 Å². The molecule has 0 heterocycles. The maximum atomic E-state index is 11.4. The molecule has 0 spiro atoms. The van der Waals surface area contributed by atoms with Gasteiger partial charge in [-0.1, -0.05) is 19.3 Å². The highest BCUT2D eigenvalue weighted by atomic mass is 16.2. The Morgan fingerprint density at radius 1 is 1.27 bits per heavy atom. The fourth-order valence-corrected chi connectivity index (χ4v) is 1.93. The third kappa shape index (κ3) is 4.29. The number of carbonyl (C=O) groups excluding carboxylic acids is 2. The monoisotopic (exact) mass is 213 g/mol. The highest BCUT2D eigenvalue weighted by molar-refractivity contribution is 5.96. The van der Waals surface area contributed by atoms with Crippen molar-refractivity contribution in [1.29, 1.82) is 0 Å². The van der Waals surface area contributed by atoms with E-state index in [9.17, 15) is 9.59 Å². The minimum atomic E-state index is -0.794. The van der Waals surface area contributed by atoms with Crippen LogP contribution in [-0.2, 0) is 4.79 Å². The lowest BCUT2D eigenvalue weighted by molar-refractivity contribution is -0.121. The second kappa shape index (κ2) is 5.70. The molecular formula is C10H19N3O2. The maximum Gasteiger partial charge on any atom is 0.318 e. The number of rotatable bonds is 3. The first-order valence-corrected chi connectivity index (χ1v) is 5.46. The Bertz CT molecular complexity index is 237. The van der Waals surface area contributed by atoms with E-state index in [1.54, 1.807) is 6.92 Å². The number of primary amides is 1. The van der Waals surface area contributed by atoms with E-state index in [1.807, 2.05) is 0 Å². The summed E-state index contributed by atoms with van der Waals surface area (Å²) in [7, 11) is 0. The van der Waals surface area contributed by atoms with Gasteiger partial charge in [0.05, 0.1) is 6.04 Å². The molecule has 1 saturated carbocycles. The highest BCUT2D eigenvalue weighted by Gasteiger charge is 2.20. The van der Waals surface area contributed by atoms with E-state index in [2.05, 4.69) is 10.6 Å². The largest absolute Gasteiger partial charge is 0.351 e. The SMILES string of the molecule is CC(NC1CCCCC1)C(=O)NC(N)=O. The molecule has 4 N–H and O–H groups in total. The first kappa shape index (κ1) is 12.0. The van der Waals surface area contributed by atoms with Crippen LogP contribution in [0.25, 0.3) is 0 Å². The van der Waals surface area contributed by atoms with Crippen LogP contribution >= 0.6 is 0 Å². The van der Waals surface area contributed by atoms with Crippen LogP contribution in [0.1, 0.15) is 39.0 Å². The molecule has 1 rings (SSSR count). The summed E-state index contributed by atoms with van der Waals surface area (Å²) in [6, 6.07) is -0.759. The van der Waals surface area contributed by atoms with Crippen LogP contribution in [-0.4, -0.2) is 24.0 Å². The van der Waals surface area contributed by atoms with E-state index in [0.29, 0.717) is 6.04 Å². The van der Waals surface area contributed by atoms with Crippen molar-refractivity contribution in [2.45, 2.75) is 51.1 Å². The molecule has 0 saturated heterocycles. The molecule has 0 aliphatic heterocycles. The van der Waals surface area contributed by atoms with Gasteiger partial charge in [0.1, 0.15) is 0 Å². The maximum absolute atomic E-state index is 11.4. The lowest BCUT2D eigenvalue weighted by Gasteiger charge is -2.25. The van der Waals surface area contributed by atoms with Gasteiger partial charge >= 0.3 is 6.03 Å². The third-order valence-electron chi connectivity index (χ3n) is 2.73. The number of hydrogen-bond donors (Lipinski definition) is 3. The smallest absolute Gasteiger partial charge is 0.318 e. The molecule has 0 radical (unpaired) electrons. The zero-order valence-corrected chi connectivity index (χ0v) is 9.08. The summed E-state index contributed by atoms with van der Waals surface area (Å²) in [5.74, 6) is -0.354. The molecule has 0 aromatic rings. The Morgan fingerprint density at radius 2 is 1.87 bits per heavy atom. The van der Waals surface area contributed by atoms with Gasteiger partial charge in [-0.2, -0.15) is 0 Å². The second-order valence-electron chi connectivity index (χ2n) is 4.08. The van der Waals surface area contributed by atoms with Gasteiger partial charge in [-0.25, -0.2) is 4.79 Å². The van der Waals surface area contributed by atoms with Crippen molar-refractivity contribution >= 4 is 11.9 Å². The highest BCUT2D eigenvalue weighted by Crippen LogP contribution is 2.17. The van der Waals surface area contributed by atoms with E-state index in [4.69, 9.17) is 5.73 Å². The molecule has 1 atom stereocenters. The fraction of sp³-hybridized carbons (Fsp3) is 0.800. The molecule has 1 aliphatic carbocycles. The van der Waals surface area contributed by atoms with Crippen LogP contribution in [0.4, 0.5) is 4.79 Å². The minimum Gasteiger partial charge on any atom is -0.351 e. The van der Waals surface area contributed by atoms with Crippen LogP contribution in [0.5, 0.6) is 0 Å². The molecule has 5 heteroatoms. The normalized spacial score (nSPS) is 19.5. The lowest BCUT2D eigenvalue weighted by Crippen LogP contribution is -2.49. The van der Waals surface area contributed by atoms with Gasteiger partial charge in [-0.15, -0.1) is 0 Å². The van der Waals surface area contributed by atoms with Crippen LogP contribution in [0.2, 0.25) is 0 Å². The van der Waals surface area contributed by atoms with Crippen LogP contribution in [0.15, 0.2) is 0 Å². The summed E-state index contributed by atoms with van der Waals surface area (Å²) in [6.45, 7) is 1.74. The number of amides is 3. The van der Waals surface area contributed by atoms with Crippen molar-refractivity contribution < 1.29 is 9.59 Å². The number of nitrogens with two attached hydrogens (primary N) is 1. The lowest BCUT2D eigenvalue weighted by atomic mass is 9.95. The van der Waals surface area contributed by atoms with E-state index >= 15 is 0 Å². The first-order valence-electron chi connectivity index (χ1n) is 5.46. The number of hydrogen-bond acceptors (Lipinski definition) is 3. The quantitative estimate of drug-likeness (QED) is 0.638. The average Bonchev–Trinajstić information content (AvgIpc) is 2.18.